The van der Waals surface area contributed by atoms with Gasteiger partial charge < -0.3 is 15.4 Å². The summed E-state index contributed by atoms with van der Waals surface area (Å²) in [6, 6.07) is 5.80. The summed E-state index contributed by atoms with van der Waals surface area (Å²) < 4.78 is 5.08. The number of carbonyl (C=O) groups is 1. The van der Waals surface area contributed by atoms with Gasteiger partial charge in [0.05, 0.1) is 6.61 Å². The fraction of sp³-hybridized carbons (Fsp3) is 0.500. The van der Waals surface area contributed by atoms with Crippen LogP contribution in [0.25, 0.3) is 0 Å². The van der Waals surface area contributed by atoms with Crippen molar-refractivity contribution >= 4 is 5.91 Å². The van der Waals surface area contributed by atoms with E-state index >= 15 is 0 Å². The summed E-state index contributed by atoms with van der Waals surface area (Å²) in [5.74, 6) is -0.115. The molecule has 92 valence electrons. The van der Waals surface area contributed by atoms with Crippen LogP contribution < -0.4 is 10.6 Å². The zero-order chi connectivity index (χ0) is 12.1. The van der Waals surface area contributed by atoms with E-state index in [1.807, 2.05) is 6.07 Å². The van der Waals surface area contributed by atoms with Crippen LogP contribution >= 0.6 is 0 Å². The van der Waals surface area contributed by atoms with Gasteiger partial charge in [-0.25, -0.2) is 0 Å². The van der Waals surface area contributed by atoms with Crippen LogP contribution in [0, 0.1) is 0 Å². The number of nitrogens with zero attached hydrogens (tertiary/aromatic N) is 1. The van der Waals surface area contributed by atoms with Gasteiger partial charge in [0.2, 0.25) is 0 Å². The van der Waals surface area contributed by atoms with Crippen LogP contribution in [0.1, 0.15) is 16.9 Å². The van der Waals surface area contributed by atoms with Crippen molar-refractivity contribution in [3.05, 3.63) is 30.1 Å². The van der Waals surface area contributed by atoms with Crippen molar-refractivity contribution in [2.24, 2.45) is 0 Å². The molecule has 1 aromatic heterocycles. The molecule has 0 unspecified atom stereocenters. The molecule has 0 bridgehead atoms. The Hall–Kier alpha value is -1.46. The highest BCUT2D eigenvalue weighted by Crippen LogP contribution is 2.07. The molecule has 0 aliphatic carbocycles. The number of hydrogen-bond acceptors (Lipinski definition) is 4. The minimum absolute atomic E-state index is 0.115. The molecule has 0 spiro atoms. The lowest BCUT2D eigenvalue weighted by Crippen LogP contribution is -2.36. The van der Waals surface area contributed by atoms with Crippen molar-refractivity contribution < 1.29 is 9.53 Å². The maximum atomic E-state index is 11.8. The van der Waals surface area contributed by atoms with Crippen molar-refractivity contribution in [2.75, 3.05) is 20.3 Å². The maximum Gasteiger partial charge on any atom is 0.270 e. The normalized spacial score (nSPS) is 23.6. The Labute approximate surface area is 101 Å². The van der Waals surface area contributed by atoms with E-state index in [4.69, 9.17) is 4.74 Å². The van der Waals surface area contributed by atoms with Gasteiger partial charge in [-0.15, -0.1) is 0 Å². The standard InChI is InChI=1S/C12H17N3O2/c1-17-8-10-6-9(7-14-10)15-12(16)11-4-2-3-5-13-11/h2-5,9-10,14H,6-8H2,1H3,(H,15,16)/t9-,10-/m1/s1. The third-order valence-electron chi connectivity index (χ3n) is 2.82. The van der Waals surface area contributed by atoms with Crippen molar-refractivity contribution in [1.29, 1.82) is 0 Å². The van der Waals surface area contributed by atoms with E-state index in [-0.39, 0.29) is 11.9 Å². The van der Waals surface area contributed by atoms with Crippen LogP contribution in [0.15, 0.2) is 24.4 Å². The summed E-state index contributed by atoms with van der Waals surface area (Å²) in [5.41, 5.74) is 0.461. The number of pyridine rings is 1. The van der Waals surface area contributed by atoms with Gasteiger partial charge in [-0.1, -0.05) is 6.07 Å². The molecular weight excluding hydrogens is 218 g/mol. The third kappa shape index (κ3) is 3.25. The van der Waals surface area contributed by atoms with Crippen molar-refractivity contribution in [3.8, 4) is 0 Å². The average Bonchev–Trinajstić information content (AvgIpc) is 2.78. The molecule has 17 heavy (non-hydrogen) atoms. The monoisotopic (exact) mass is 235 g/mol. The van der Waals surface area contributed by atoms with Crippen LogP contribution in [-0.2, 0) is 4.74 Å². The Morgan fingerprint density at radius 1 is 1.65 bits per heavy atom. The van der Waals surface area contributed by atoms with E-state index in [9.17, 15) is 4.79 Å². The first kappa shape index (κ1) is 12.0. The number of nitrogens with one attached hydrogen (secondary N) is 2. The lowest BCUT2D eigenvalue weighted by atomic mass is 10.2. The fourth-order valence-corrected chi connectivity index (χ4v) is 2.01. The summed E-state index contributed by atoms with van der Waals surface area (Å²) in [6.45, 7) is 1.46. The van der Waals surface area contributed by atoms with Gasteiger partial charge in [0, 0.05) is 31.9 Å². The Morgan fingerprint density at radius 3 is 3.24 bits per heavy atom. The van der Waals surface area contributed by atoms with Gasteiger partial charge in [-0.05, 0) is 18.6 Å². The van der Waals surface area contributed by atoms with Crippen LogP contribution in [0.5, 0.6) is 0 Å². The Morgan fingerprint density at radius 2 is 2.53 bits per heavy atom. The minimum atomic E-state index is -0.115. The predicted molar refractivity (Wildman–Crippen MR) is 63.8 cm³/mol. The Bertz CT molecular complexity index is 369. The van der Waals surface area contributed by atoms with E-state index in [2.05, 4.69) is 15.6 Å². The van der Waals surface area contributed by atoms with Crippen LogP contribution in [0.2, 0.25) is 0 Å². The molecule has 1 amide bonds. The molecule has 5 nitrogen and oxygen atoms in total. The highest BCUT2D eigenvalue weighted by molar-refractivity contribution is 5.92. The van der Waals surface area contributed by atoms with Gasteiger partial charge in [0.1, 0.15) is 5.69 Å². The minimum Gasteiger partial charge on any atom is -0.383 e. The predicted octanol–water partition coefficient (Wildman–Crippen LogP) is 0.188. The Balaban J connectivity index is 1.84. The molecule has 1 fully saturated rings. The first-order chi connectivity index (χ1) is 8.29. The Kier molecular flexibility index (Phi) is 4.06. The number of amides is 1. The summed E-state index contributed by atoms with van der Waals surface area (Å²) in [6.07, 6.45) is 2.52. The molecule has 2 atom stereocenters. The van der Waals surface area contributed by atoms with Gasteiger partial charge in [0.15, 0.2) is 0 Å². The van der Waals surface area contributed by atoms with E-state index in [0.29, 0.717) is 18.3 Å². The average molecular weight is 235 g/mol. The molecule has 1 saturated heterocycles. The van der Waals surface area contributed by atoms with E-state index in [1.54, 1.807) is 25.4 Å². The first-order valence-corrected chi connectivity index (χ1v) is 5.74. The van der Waals surface area contributed by atoms with Gasteiger partial charge in [-0.2, -0.15) is 0 Å². The van der Waals surface area contributed by atoms with Crippen molar-refractivity contribution in [1.82, 2.24) is 15.6 Å². The molecule has 0 saturated carbocycles. The lowest BCUT2D eigenvalue weighted by Gasteiger charge is -2.11. The lowest BCUT2D eigenvalue weighted by molar-refractivity contribution is 0.0933. The summed E-state index contributed by atoms with van der Waals surface area (Å²) in [7, 11) is 1.68. The van der Waals surface area contributed by atoms with Gasteiger partial charge in [-0.3, -0.25) is 9.78 Å². The SMILES string of the molecule is COC[C@H]1C[C@@H](NC(=O)c2ccccn2)CN1. The topological polar surface area (TPSA) is 63.2 Å². The zero-order valence-electron chi connectivity index (χ0n) is 9.85. The van der Waals surface area contributed by atoms with E-state index < -0.39 is 0 Å². The van der Waals surface area contributed by atoms with Gasteiger partial charge in [0.25, 0.3) is 5.91 Å². The van der Waals surface area contributed by atoms with Gasteiger partial charge >= 0.3 is 0 Å². The largest absolute Gasteiger partial charge is 0.383 e. The quantitative estimate of drug-likeness (QED) is 0.782. The molecule has 1 aliphatic heterocycles. The second-order valence-electron chi connectivity index (χ2n) is 4.18. The second-order valence-corrected chi connectivity index (χ2v) is 4.18. The summed E-state index contributed by atoms with van der Waals surface area (Å²) >= 11 is 0. The molecule has 2 N–H and O–H groups in total. The fourth-order valence-electron chi connectivity index (χ4n) is 2.01. The number of ether oxygens (including phenoxy) is 1. The molecule has 5 heteroatoms. The highest BCUT2D eigenvalue weighted by Gasteiger charge is 2.25. The van der Waals surface area contributed by atoms with E-state index in [0.717, 1.165) is 13.0 Å². The molecular formula is C12H17N3O2. The number of hydrogen-bond donors (Lipinski definition) is 2. The van der Waals surface area contributed by atoms with Crippen LogP contribution in [-0.4, -0.2) is 43.2 Å². The molecule has 2 rings (SSSR count). The molecule has 0 aromatic carbocycles. The first-order valence-electron chi connectivity index (χ1n) is 5.74. The molecule has 2 heterocycles. The smallest absolute Gasteiger partial charge is 0.270 e. The summed E-state index contributed by atoms with van der Waals surface area (Å²) in [4.78, 5) is 15.9. The molecule has 0 radical (unpaired) electrons. The summed E-state index contributed by atoms with van der Waals surface area (Å²) in [5, 5.41) is 6.27. The third-order valence-corrected chi connectivity index (χ3v) is 2.82. The zero-order valence-corrected chi connectivity index (χ0v) is 9.85. The molecule has 1 aliphatic rings. The van der Waals surface area contributed by atoms with E-state index in [1.165, 1.54) is 0 Å². The number of aromatic nitrogens is 1. The highest BCUT2D eigenvalue weighted by atomic mass is 16.5. The van der Waals surface area contributed by atoms with Crippen molar-refractivity contribution in [2.45, 2.75) is 18.5 Å². The number of methoxy groups -OCH3 is 1. The molecule has 1 aromatic rings. The number of carbonyl (C=O) groups excluding carboxylic acids is 1. The maximum absolute atomic E-state index is 11.8. The van der Waals surface area contributed by atoms with Crippen LogP contribution in [0.3, 0.4) is 0 Å². The number of rotatable bonds is 4. The van der Waals surface area contributed by atoms with Crippen LogP contribution in [0.4, 0.5) is 0 Å². The van der Waals surface area contributed by atoms with Crippen molar-refractivity contribution in [3.63, 3.8) is 0 Å². The second kappa shape index (κ2) is 5.75.